The third-order valence-corrected chi connectivity index (χ3v) is 4.23. The number of anilines is 2. The van der Waals surface area contributed by atoms with Crippen LogP contribution in [0.3, 0.4) is 0 Å². The summed E-state index contributed by atoms with van der Waals surface area (Å²) in [5.41, 5.74) is 3.65. The van der Waals surface area contributed by atoms with E-state index in [1.807, 2.05) is 32.0 Å². The van der Waals surface area contributed by atoms with Gasteiger partial charge in [0.1, 0.15) is 0 Å². The van der Waals surface area contributed by atoms with E-state index < -0.39 is 0 Å². The van der Waals surface area contributed by atoms with Crippen LogP contribution < -0.4 is 10.2 Å². The van der Waals surface area contributed by atoms with E-state index in [-0.39, 0.29) is 18.1 Å². The zero-order valence-electron chi connectivity index (χ0n) is 15.2. The summed E-state index contributed by atoms with van der Waals surface area (Å²) in [6.07, 6.45) is 0.249. The molecule has 25 heavy (non-hydrogen) atoms. The number of carbonyl (C=O) groups is 2. The Morgan fingerprint density at radius 2 is 1.96 bits per heavy atom. The normalized spacial score (nSPS) is 10.6. The van der Waals surface area contributed by atoms with Crippen LogP contribution in [0.2, 0.25) is 5.02 Å². The highest BCUT2D eigenvalue weighted by Crippen LogP contribution is 2.28. The molecule has 1 aromatic carbocycles. The van der Waals surface area contributed by atoms with Crippen molar-refractivity contribution in [3.05, 3.63) is 40.2 Å². The number of aryl methyl sites for hydroxylation is 2. The molecule has 1 aromatic heterocycles. The average Bonchev–Trinajstić information content (AvgIpc) is 2.79. The molecule has 0 aliphatic heterocycles. The lowest BCUT2D eigenvalue weighted by molar-refractivity contribution is -0.116. The summed E-state index contributed by atoms with van der Waals surface area (Å²) in [6.45, 7) is 5.57. The van der Waals surface area contributed by atoms with Crippen molar-refractivity contribution < 1.29 is 9.59 Å². The monoisotopic (exact) mass is 362 g/mol. The van der Waals surface area contributed by atoms with E-state index in [1.165, 1.54) is 6.92 Å². The number of hydrogen-bond acceptors (Lipinski definition) is 4. The maximum Gasteiger partial charge on any atom is 0.226 e. The van der Waals surface area contributed by atoms with E-state index in [1.54, 1.807) is 23.7 Å². The lowest BCUT2D eigenvalue weighted by Gasteiger charge is -2.18. The molecule has 1 heterocycles. The van der Waals surface area contributed by atoms with Gasteiger partial charge in [0.25, 0.3) is 0 Å². The number of halogens is 1. The molecule has 6 nitrogen and oxygen atoms in total. The lowest BCUT2D eigenvalue weighted by atomic mass is 10.1. The molecule has 0 saturated heterocycles. The average molecular weight is 363 g/mol. The second-order valence-electron chi connectivity index (χ2n) is 6.18. The molecule has 0 aliphatic carbocycles. The third kappa shape index (κ3) is 4.39. The van der Waals surface area contributed by atoms with Crippen molar-refractivity contribution >= 4 is 34.7 Å². The van der Waals surface area contributed by atoms with Gasteiger partial charge in [-0.25, -0.2) is 0 Å². The molecule has 0 radical (unpaired) electrons. The van der Waals surface area contributed by atoms with Crippen LogP contribution in [-0.2, 0) is 11.3 Å². The van der Waals surface area contributed by atoms with E-state index in [9.17, 15) is 9.59 Å². The van der Waals surface area contributed by atoms with Crippen molar-refractivity contribution in [1.82, 2.24) is 9.78 Å². The fourth-order valence-electron chi connectivity index (χ4n) is 2.84. The highest BCUT2D eigenvalue weighted by atomic mass is 35.5. The number of rotatable bonds is 6. The molecule has 0 unspecified atom stereocenters. The minimum atomic E-state index is -0.137. The second kappa shape index (κ2) is 7.70. The van der Waals surface area contributed by atoms with Gasteiger partial charge in [-0.1, -0.05) is 11.6 Å². The molecule has 0 spiro atoms. The molecule has 134 valence electrons. The predicted octanol–water partition coefficient (Wildman–Crippen LogP) is 3.45. The summed E-state index contributed by atoms with van der Waals surface area (Å²) >= 11 is 6.03. The molecule has 2 rings (SSSR count). The summed E-state index contributed by atoms with van der Waals surface area (Å²) in [6, 6.07) is 5.37. The minimum Gasteiger partial charge on any atom is -0.376 e. The van der Waals surface area contributed by atoms with Gasteiger partial charge in [0.05, 0.1) is 22.6 Å². The van der Waals surface area contributed by atoms with Crippen molar-refractivity contribution in [2.24, 2.45) is 0 Å². The van der Waals surface area contributed by atoms with Crippen LogP contribution in [0.15, 0.2) is 18.2 Å². The fourth-order valence-corrected chi connectivity index (χ4v) is 3.01. The summed E-state index contributed by atoms with van der Waals surface area (Å²) < 4.78 is 1.70. The lowest BCUT2D eigenvalue weighted by Crippen LogP contribution is -2.18. The van der Waals surface area contributed by atoms with Gasteiger partial charge >= 0.3 is 0 Å². The Labute approximate surface area is 152 Å². The van der Waals surface area contributed by atoms with Crippen LogP contribution in [0, 0.1) is 13.8 Å². The number of nitrogens with one attached hydrogen (secondary N) is 1. The molecular formula is C18H23ClN4O2. The summed E-state index contributed by atoms with van der Waals surface area (Å²) in [5.74, 6) is -0.150. The highest BCUT2D eigenvalue weighted by Gasteiger charge is 2.16. The zero-order chi connectivity index (χ0) is 18.7. The third-order valence-electron chi connectivity index (χ3n) is 4.00. The maximum atomic E-state index is 12.3. The van der Waals surface area contributed by atoms with Crippen molar-refractivity contribution in [2.45, 2.75) is 33.7 Å². The maximum absolute atomic E-state index is 12.3. The van der Waals surface area contributed by atoms with Crippen molar-refractivity contribution in [3.8, 4) is 0 Å². The topological polar surface area (TPSA) is 67.2 Å². The molecule has 0 saturated carbocycles. The quantitative estimate of drug-likeness (QED) is 0.799. The minimum absolute atomic E-state index is 0.0137. The summed E-state index contributed by atoms with van der Waals surface area (Å²) in [4.78, 5) is 25.9. The van der Waals surface area contributed by atoms with Gasteiger partial charge in [0.2, 0.25) is 5.91 Å². The first-order valence-corrected chi connectivity index (χ1v) is 8.40. The molecule has 0 fully saturated rings. The molecule has 1 N–H and O–H groups in total. The molecule has 0 bridgehead atoms. The van der Waals surface area contributed by atoms with E-state index in [4.69, 9.17) is 11.6 Å². The van der Waals surface area contributed by atoms with Gasteiger partial charge in [0.15, 0.2) is 5.78 Å². The number of amides is 1. The first-order chi connectivity index (χ1) is 11.7. The largest absolute Gasteiger partial charge is 0.376 e. The molecule has 0 aliphatic rings. The molecule has 1 amide bonds. The van der Waals surface area contributed by atoms with E-state index in [2.05, 4.69) is 10.4 Å². The first kappa shape index (κ1) is 19.0. The molecule has 2 aromatic rings. The number of aromatic nitrogens is 2. The Balaban J connectivity index is 2.09. The van der Waals surface area contributed by atoms with Crippen LogP contribution in [-0.4, -0.2) is 35.6 Å². The van der Waals surface area contributed by atoms with Gasteiger partial charge < -0.3 is 10.2 Å². The highest BCUT2D eigenvalue weighted by molar-refractivity contribution is 6.31. The van der Waals surface area contributed by atoms with Gasteiger partial charge in [-0.3, -0.25) is 14.3 Å². The van der Waals surface area contributed by atoms with Crippen molar-refractivity contribution in [1.29, 1.82) is 0 Å². The van der Waals surface area contributed by atoms with E-state index in [0.29, 0.717) is 28.5 Å². The van der Waals surface area contributed by atoms with E-state index in [0.717, 1.165) is 11.4 Å². The molecule has 7 heteroatoms. The first-order valence-electron chi connectivity index (χ1n) is 8.02. The Hall–Kier alpha value is -2.34. The fraction of sp³-hybridized carbons (Fsp3) is 0.389. The number of carbonyl (C=O) groups excluding carboxylic acids is 2. The van der Waals surface area contributed by atoms with Crippen molar-refractivity contribution in [3.63, 3.8) is 0 Å². The Kier molecular flexibility index (Phi) is 5.85. The predicted molar refractivity (Wildman–Crippen MR) is 101 cm³/mol. The standard InChI is InChI=1S/C18H23ClN4O2/c1-11-18(13(3)24)12(2)23(21-11)9-8-17(25)20-15-10-14(19)6-7-16(15)22(4)5/h6-7,10H,8-9H2,1-5H3,(H,20,25). The summed E-state index contributed by atoms with van der Waals surface area (Å²) in [5, 5.41) is 7.81. The summed E-state index contributed by atoms with van der Waals surface area (Å²) in [7, 11) is 3.80. The van der Waals surface area contributed by atoms with Crippen LogP contribution >= 0.6 is 11.6 Å². The van der Waals surface area contributed by atoms with Crippen molar-refractivity contribution in [2.75, 3.05) is 24.3 Å². The van der Waals surface area contributed by atoms with Crippen LogP contribution in [0.4, 0.5) is 11.4 Å². The number of ketones is 1. The number of Topliss-reactive ketones (excluding diaryl/α,β-unsaturated/α-hetero) is 1. The second-order valence-corrected chi connectivity index (χ2v) is 6.62. The Bertz CT molecular complexity index is 812. The number of hydrogen-bond donors (Lipinski definition) is 1. The number of nitrogens with zero attached hydrogens (tertiary/aromatic N) is 3. The van der Waals surface area contributed by atoms with Gasteiger partial charge in [-0.2, -0.15) is 5.10 Å². The van der Waals surface area contributed by atoms with Gasteiger partial charge in [-0.15, -0.1) is 0 Å². The zero-order valence-corrected chi connectivity index (χ0v) is 15.9. The van der Waals surface area contributed by atoms with E-state index >= 15 is 0 Å². The molecule has 0 atom stereocenters. The van der Waals surface area contributed by atoms with Gasteiger partial charge in [-0.05, 0) is 39.0 Å². The van der Waals surface area contributed by atoms with Gasteiger partial charge in [0, 0.05) is 37.8 Å². The Morgan fingerprint density at radius 1 is 1.28 bits per heavy atom. The molecular weight excluding hydrogens is 340 g/mol. The number of benzene rings is 1. The van der Waals surface area contributed by atoms with Crippen LogP contribution in [0.1, 0.15) is 35.1 Å². The SMILES string of the molecule is CC(=O)c1c(C)nn(CCC(=O)Nc2cc(Cl)ccc2N(C)C)c1C. The van der Waals surface area contributed by atoms with Crippen LogP contribution in [0.5, 0.6) is 0 Å². The smallest absolute Gasteiger partial charge is 0.226 e. The van der Waals surface area contributed by atoms with Crippen LogP contribution in [0.25, 0.3) is 0 Å². The Morgan fingerprint density at radius 3 is 2.52 bits per heavy atom.